The van der Waals surface area contributed by atoms with E-state index in [0.717, 1.165) is 4.90 Å². The van der Waals surface area contributed by atoms with Crippen LogP contribution in [0.5, 0.6) is 0 Å². The molecule has 0 aromatic carbocycles. The fourth-order valence-electron chi connectivity index (χ4n) is 1.54. The zero-order valence-electron chi connectivity index (χ0n) is 8.82. The third-order valence-corrected chi connectivity index (χ3v) is 2.63. The van der Waals surface area contributed by atoms with Crippen molar-refractivity contribution in [2.75, 3.05) is 13.7 Å². The Morgan fingerprint density at radius 1 is 1.31 bits per heavy atom. The smallest absolute Gasteiger partial charge is 0.190 e. The summed E-state index contributed by atoms with van der Waals surface area (Å²) < 4.78 is 5.15. The molecular weight excluding hydrogens is 218 g/mol. The first-order valence-corrected chi connectivity index (χ1v) is 4.77. The molecule has 0 spiro atoms. The number of ether oxygens (including phenoxy) is 1. The Hall–Kier alpha value is -0.930. The van der Waals surface area contributed by atoms with Crippen LogP contribution in [0.1, 0.15) is 0 Å². The summed E-state index contributed by atoms with van der Waals surface area (Å²) in [5, 5.41) is 44.7. The molecule has 8 nitrogen and oxygen atoms in total. The molecule has 1 saturated heterocycles. The molecule has 7 N–H and O–H groups in total. The number of nitrogens with zero attached hydrogens (tertiary/aromatic N) is 1. The van der Waals surface area contributed by atoms with Gasteiger partial charge in [0.25, 0.3) is 0 Å². The second-order valence-electron chi connectivity index (χ2n) is 3.72. The van der Waals surface area contributed by atoms with Gasteiger partial charge in [-0.2, -0.15) is 0 Å². The van der Waals surface area contributed by atoms with Crippen LogP contribution in [0.2, 0.25) is 0 Å². The number of aliphatic hydroxyl groups excluding tert-OH is 4. The van der Waals surface area contributed by atoms with Crippen molar-refractivity contribution in [3.63, 3.8) is 0 Å². The summed E-state index contributed by atoms with van der Waals surface area (Å²) in [5.74, 6) is -0.357. The second kappa shape index (κ2) is 4.93. The quantitative estimate of drug-likeness (QED) is 0.216. The van der Waals surface area contributed by atoms with Crippen LogP contribution < -0.4 is 5.73 Å². The maximum absolute atomic E-state index is 9.63. The number of hydrogen-bond donors (Lipinski definition) is 6. The van der Waals surface area contributed by atoms with Gasteiger partial charge in [-0.05, 0) is 0 Å². The molecule has 0 radical (unpaired) electrons. The lowest BCUT2D eigenvalue weighted by molar-refractivity contribution is -0.253. The van der Waals surface area contributed by atoms with Gasteiger partial charge in [0.2, 0.25) is 0 Å². The van der Waals surface area contributed by atoms with Crippen molar-refractivity contribution in [3.8, 4) is 0 Å². The van der Waals surface area contributed by atoms with Gasteiger partial charge in [0.05, 0.1) is 6.61 Å². The van der Waals surface area contributed by atoms with Gasteiger partial charge >= 0.3 is 0 Å². The molecule has 1 heterocycles. The minimum Gasteiger partial charge on any atom is -0.394 e. The lowest BCUT2D eigenvalue weighted by Gasteiger charge is -2.43. The van der Waals surface area contributed by atoms with Crippen molar-refractivity contribution >= 4 is 5.96 Å². The molecule has 5 atom stereocenters. The molecule has 1 fully saturated rings. The maximum atomic E-state index is 9.63. The fraction of sp³-hybridized carbons (Fsp3) is 0.875. The van der Waals surface area contributed by atoms with Gasteiger partial charge in [-0.3, -0.25) is 5.41 Å². The highest BCUT2D eigenvalue weighted by Gasteiger charge is 2.45. The molecule has 8 heteroatoms. The molecule has 16 heavy (non-hydrogen) atoms. The molecular formula is C8H17N3O5. The number of nitrogens with two attached hydrogens (primary N) is 1. The van der Waals surface area contributed by atoms with Crippen LogP contribution in [-0.2, 0) is 4.74 Å². The van der Waals surface area contributed by atoms with Crippen LogP contribution >= 0.6 is 0 Å². The number of aliphatic hydroxyl groups is 4. The highest BCUT2D eigenvalue weighted by molar-refractivity contribution is 5.74. The summed E-state index contributed by atoms with van der Waals surface area (Å²) in [6.07, 6.45) is -6.35. The minimum absolute atomic E-state index is 0.357. The Bertz CT molecular complexity index is 262. The Labute approximate surface area is 92.4 Å². The summed E-state index contributed by atoms with van der Waals surface area (Å²) in [7, 11) is 1.40. The zero-order valence-corrected chi connectivity index (χ0v) is 8.82. The topological polar surface area (TPSA) is 143 Å². The van der Waals surface area contributed by atoms with E-state index in [2.05, 4.69) is 0 Å². The van der Waals surface area contributed by atoms with E-state index in [1.165, 1.54) is 7.05 Å². The average Bonchev–Trinajstić information content (AvgIpc) is 2.25. The summed E-state index contributed by atoms with van der Waals surface area (Å²) in [6, 6.07) is 0. The number of hydrogen-bond acceptors (Lipinski definition) is 6. The standard InChI is InChI=1S/C8H17N3O5/c1-11(8(9)10)7-6(15)5(14)4(13)3(2-12)16-7/h3-7,12-15H,2H2,1H3,(H3,9,10)/t3-,4-,5+,6-,7?/m1/s1. The van der Waals surface area contributed by atoms with Crippen LogP contribution in [-0.4, -0.2) is 75.6 Å². The van der Waals surface area contributed by atoms with E-state index in [1.807, 2.05) is 0 Å². The van der Waals surface area contributed by atoms with Crippen molar-refractivity contribution in [1.82, 2.24) is 4.90 Å². The maximum Gasteiger partial charge on any atom is 0.190 e. The molecule has 1 rings (SSSR count). The molecule has 0 amide bonds. The lowest BCUT2D eigenvalue weighted by atomic mass is 9.98. The Kier molecular flexibility index (Phi) is 4.05. The third kappa shape index (κ3) is 2.25. The van der Waals surface area contributed by atoms with Gasteiger partial charge in [0.1, 0.15) is 24.4 Å². The van der Waals surface area contributed by atoms with Gasteiger partial charge < -0.3 is 35.8 Å². The van der Waals surface area contributed by atoms with Crippen LogP contribution in [0.25, 0.3) is 0 Å². The molecule has 1 aliphatic heterocycles. The van der Waals surface area contributed by atoms with Gasteiger partial charge in [-0.15, -0.1) is 0 Å². The van der Waals surface area contributed by atoms with Crippen LogP contribution in [0.4, 0.5) is 0 Å². The number of rotatable bonds is 2. The molecule has 0 bridgehead atoms. The van der Waals surface area contributed by atoms with E-state index in [1.54, 1.807) is 0 Å². The van der Waals surface area contributed by atoms with Crippen molar-refractivity contribution < 1.29 is 25.2 Å². The van der Waals surface area contributed by atoms with E-state index in [-0.39, 0.29) is 5.96 Å². The van der Waals surface area contributed by atoms with E-state index in [4.69, 9.17) is 21.0 Å². The van der Waals surface area contributed by atoms with E-state index in [9.17, 15) is 15.3 Å². The summed E-state index contributed by atoms with van der Waals surface area (Å²) in [5.41, 5.74) is 5.21. The first kappa shape index (κ1) is 13.1. The van der Waals surface area contributed by atoms with E-state index in [0.29, 0.717) is 0 Å². The SMILES string of the molecule is CN(C(=N)N)C1O[C@H](CO)[C@@H](O)[C@H](O)[C@H]1O. The zero-order chi connectivity index (χ0) is 12.5. The molecule has 1 unspecified atom stereocenters. The Morgan fingerprint density at radius 2 is 1.88 bits per heavy atom. The Morgan fingerprint density at radius 3 is 2.31 bits per heavy atom. The largest absolute Gasteiger partial charge is 0.394 e. The highest BCUT2D eigenvalue weighted by Crippen LogP contribution is 2.22. The van der Waals surface area contributed by atoms with E-state index >= 15 is 0 Å². The third-order valence-electron chi connectivity index (χ3n) is 2.63. The first-order chi connectivity index (χ1) is 7.40. The first-order valence-electron chi connectivity index (χ1n) is 4.77. The van der Waals surface area contributed by atoms with Crippen LogP contribution in [0.3, 0.4) is 0 Å². The lowest BCUT2D eigenvalue weighted by Crippen LogP contribution is -2.64. The molecule has 0 aliphatic carbocycles. The van der Waals surface area contributed by atoms with Crippen LogP contribution in [0.15, 0.2) is 0 Å². The van der Waals surface area contributed by atoms with E-state index < -0.39 is 37.3 Å². The van der Waals surface area contributed by atoms with Gasteiger partial charge in [0.15, 0.2) is 12.2 Å². The molecule has 0 aromatic rings. The Balaban J connectivity index is 2.82. The molecule has 94 valence electrons. The summed E-state index contributed by atoms with van der Waals surface area (Å²) in [4.78, 5) is 1.10. The fourth-order valence-corrected chi connectivity index (χ4v) is 1.54. The van der Waals surface area contributed by atoms with Gasteiger partial charge in [0, 0.05) is 7.05 Å². The van der Waals surface area contributed by atoms with Crippen molar-refractivity contribution in [2.24, 2.45) is 5.73 Å². The van der Waals surface area contributed by atoms with Gasteiger partial charge in [-0.1, -0.05) is 0 Å². The number of nitrogens with one attached hydrogen (secondary N) is 1. The van der Waals surface area contributed by atoms with Crippen LogP contribution in [0, 0.1) is 5.41 Å². The number of guanidine groups is 1. The van der Waals surface area contributed by atoms with Crippen molar-refractivity contribution in [2.45, 2.75) is 30.6 Å². The predicted octanol–water partition coefficient (Wildman–Crippen LogP) is -3.39. The van der Waals surface area contributed by atoms with Crippen molar-refractivity contribution in [1.29, 1.82) is 5.41 Å². The monoisotopic (exact) mass is 235 g/mol. The highest BCUT2D eigenvalue weighted by atomic mass is 16.6. The van der Waals surface area contributed by atoms with Crippen molar-refractivity contribution in [3.05, 3.63) is 0 Å². The summed E-state index contributed by atoms with van der Waals surface area (Å²) in [6.45, 7) is -0.507. The molecule has 1 aliphatic rings. The molecule has 0 saturated carbocycles. The summed E-state index contributed by atoms with van der Waals surface area (Å²) >= 11 is 0. The average molecular weight is 235 g/mol. The second-order valence-corrected chi connectivity index (χ2v) is 3.72. The number of likely N-dealkylation sites (N-methyl/N-ethyl adjacent to an activating group) is 1. The normalized spacial score (nSPS) is 39.4. The minimum atomic E-state index is -1.46. The van der Waals surface area contributed by atoms with Gasteiger partial charge in [-0.25, -0.2) is 0 Å². The molecule has 0 aromatic heterocycles. The predicted molar refractivity (Wildman–Crippen MR) is 53.4 cm³/mol.